The molecule has 0 aliphatic heterocycles. The maximum absolute atomic E-state index is 11.1. The summed E-state index contributed by atoms with van der Waals surface area (Å²) in [6, 6.07) is 12.0. The molecule has 0 aliphatic rings. The number of hydrogen-bond acceptors (Lipinski definition) is 2. The third kappa shape index (κ3) is 4.72. The van der Waals surface area contributed by atoms with Gasteiger partial charge in [-0.3, -0.25) is 0 Å². The second-order valence-electron chi connectivity index (χ2n) is 5.12. The summed E-state index contributed by atoms with van der Waals surface area (Å²) in [6.07, 6.45) is 2.73. The van der Waals surface area contributed by atoms with Crippen LogP contribution in [0.4, 0.5) is 0 Å². The molecule has 0 atom stereocenters. The largest absolute Gasteiger partial charge is 0.477 e. The number of carboxylic acids is 1. The molecule has 0 fully saturated rings. The van der Waals surface area contributed by atoms with Gasteiger partial charge in [-0.2, -0.15) is 0 Å². The molecule has 112 valence electrons. The van der Waals surface area contributed by atoms with Crippen LogP contribution >= 0.6 is 15.9 Å². The van der Waals surface area contributed by atoms with Crippen LogP contribution in [0.1, 0.15) is 22.5 Å². The summed E-state index contributed by atoms with van der Waals surface area (Å²) < 4.78 is 2.58. The number of carboxylic acid groups (broad SMARTS) is 1. The molecule has 4 nitrogen and oxygen atoms in total. The Morgan fingerprint density at radius 3 is 2.71 bits per heavy atom. The summed E-state index contributed by atoms with van der Waals surface area (Å²) in [7, 11) is 2.08. The van der Waals surface area contributed by atoms with Gasteiger partial charge < -0.3 is 14.6 Å². The molecule has 0 bridgehead atoms. The predicted octanol–water partition coefficient (Wildman–Crippen LogP) is 3.47. The fraction of sp³-hybridized carbons (Fsp3) is 0.312. The monoisotopic (exact) mass is 350 g/mol. The first-order chi connectivity index (χ1) is 10.1. The third-order valence-corrected chi connectivity index (χ3v) is 3.75. The number of benzene rings is 1. The van der Waals surface area contributed by atoms with Crippen LogP contribution in [0.25, 0.3) is 0 Å². The van der Waals surface area contributed by atoms with Gasteiger partial charge in [0, 0.05) is 23.8 Å². The maximum atomic E-state index is 11.1. The van der Waals surface area contributed by atoms with E-state index in [1.54, 1.807) is 10.6 Å². The molecule has 1 N–H and O–H groups in total. The first-order valence-corrected chi connectivity index (χ1v) is 7.67. The Bertz CT molecular complexity index is 596. The van der Waals surface area contributed by atoms with Crippen molar-refractivity contribution in [2.24, 2.45) is 0 Å². The summed E-state index contributed by atoms with van der Waals surface area (Å²) in [4.78, 5) is 13.4. The highest BCUT2D eigenvalue weighted by molar-refractivity contribution is 9.10. The Kier molecular flexibility index (Phi) is 5.59. The van der Waals surface area contributed by atoms with Crippen LogP contribution in [-0.2, 0) is 13.1 Å². The van der Waals surface area contributed by atoms with Gasteiger partial charge in [0.25, 0.3) is 0 Å². The van der Waals surface area contributed by atoms with E-state index in [1.165, 1.54) is 5.56 Å². The summed E-state index contributed by atoms with van der Waals surface area (Å²) in [5, 5.41) is 9.13. The molecule has 21 heavy (non-hydrogen) atoms. The topological polar surface area (TPSA) is 45.5 Å². The van der Waals surface area contributed by atoms with Gasteiger partial charge in [-0.15, -0.1) is 0 Å². The Morgan fingerprint density at radius 1 is 1.33 bits per heavy atom. The first-order valence-electron chi connectivity index (χ1n) is 6.87. The summed E-state index contributed by atoms with van der Waals surface area (Å²) in [5.74, 6) is -0.890. The van der Waals surface area contributed by atoms with Crippen molar-refractivity contribution in [1.29, 1.82) is 0 Å². The smallest absolute Gasteiger partial charge is 0.352 e. The lowest BCUT2D eigenvalue weighted by Gasteiger charge is -2.17. The van der Waals surface area contributed by atoms with E-state index >= 15 is 0 Å². The zero-order valence-electron chi connectivity index (χ0n) is 12.0. The normalized spacial score (nSPS) is 11.0. The molecular formula is C16H19BrN2O2. The lowest BCUT2D eigenvalue weighted by molar-refractivity contribution is 0.0684. The minimum absolute atomic E-state index is 0.326. The predicted molar refractivity (Wildman–Crippen MR) is 86.5 cm³/mol. The van der Waals surface area contributed by atoms with Crippen molar-refractivity contribution in [3.63, 3.8) is 0 Å². The quantitative estimate of drug-likeness (QED) is 0.831. The van der Waals surface area contributed by atoms with Crippen molar-refractivity contribution in [3.05, 3.63) is 58.3 Å². The van der Waals surface area contributed by atoms with Crippen molar-refractivity contribution in [2.75, 3.05) is 13.6 Å². The molecule has 0 amide bonds. The van der Waals surface area contributed by atoms with Crippen molar-refractivity contribution >= 4 is 21.9 Å². The van der Waals surface area contributed by atoms with Crippen LogP contribution in [-0.4, -0.2) is 34.1 Å². The van der Waals surface area contributed by atoms with Crippen LogP contribution < -0.4 is 0 Å². The number of halogens is 1. The number of carbonyl (C=O) groups is 1. The first kappa shape index (κ1) is 15.8. The second-order valence-corrected chi connectivity index (χ2v) is 6.03. The Balaban J connectivity index is 1.83. The fourth-order valence-corrected chi connectivity index (χ4v) is 2.79. The summed E-state index contributed by atoms with van der Waals surface area (Å²) in [5.41, 5.74) is 1.61. The molecule has 1 aromatic carbocycles. The van der Waals surface area contributed by atoms with Crippen LogP contribution in [0.5, 0.6) is 0 Å². The maximum Gasteiger partial charge on any atom is 0.352 e. The molecule has 0 spiro atoms. The van der Waals surface area contributed by atoms with E-state index in [9.17, 15) is 4.79 Å². The van der Waals surface area contributed by atoms with Gasteiger partial charge in [0.2, 0.25) is 0 Å². The van der Waals surface area contributed by atoms with Crippen molar-refractivity contribution < 1.29 is 9.90 Å². The number of nitrogens with zero attached hydrogens (tertiary/aromatic N) is 2. The Hall–Kier alpha value is -1.59. The average molecular weight is 351 g/mol. The van der Waals surface area contributed by atoms with E-state index in [-0.39, 0.29) is 0 Å². The van der Waals surface area contributed by atoms with E-state index in [1.807, 2.05) is 24.4 Å². The average Bonchev–Trinajstić information content (AvgIpc) is 2.81. The van der Waals surface area contributed by atoms with Crippen LogP contribution in [0, 0.1) is 0 Å². The molecule has 0 unspecified atom stereocenters. The number of aryl methyl sites for hydroxylation is 1. The van der Waals surface area contributed by atoms with Gasteiger partial charge >= 0.3 is 5.97 Å². The van der Waals surface area contributed by atoms with Crippen LogP contribution in [0.15, 0.2) is 47.1 Å². The SMILES string of the molecule is CN(CCCn1cc(Br)cc1C(=O)O)Cc1ccccc1. The molecule has 0 radical (unpaired) electrons. The van der Waals surface area contributed by atoms with Crippen molar-refractivity contribution in [1.82, 2.24) is 9.47 Å². The third-order valence-electron chi connectivity index (χ3n) is 3.32. The number of aromatic carboxylic acids is 1. The minimum Gasteiger partial charge on any atom is -0.477 e. The highest BCUT2D eigenvalue weighted by atomic mass is 79.9. The highest BCUT2D eigenvalue weighted by Crippen LogP contribution is 2.15. The van der Waals surface area contributed by atoms with E-state index in [0.29, 0.717) is 12.2 Å². The molecule has 1 aromatic heterocycles. The fourth-order valence-electron chi connectivity index (χ4n) is 2.32. The Labute approximate surface area is 133 Å². The van der Waals surface area contributed by atoms with Crippen molar-refractivity contribution in [3.8, 4) is 0 Å². The van der Waals surface area contributed by atoms with E-state index < -0.39 is 5.97 Å². The van der Waals surface area contributed by atoms with Gasteiger partial charge in [0.1, 0.15) is 5.69 Å². The van der Waals surface area contributed by atoms with Gasteiger partial charge in [0.15, 0.2) is 0 Å². The summed E-state index contributed by atoms with van der Waals surface area (Å²) in [6.45, 7) is 2.53. The zero-order chi connectivity index (χ0) is 15.2. The van der Waals surface area contributed by atoms with Gasteiger partial charge in [0.05, 0.1) is 0 Å². The molecule has 1 heterocycles. The van der Waals surface area contributed by atoms with E-state index in [2.05, 4.69) is 40.0 Å². The zero-order valence-corrected chi connectivity index (χ0v) is 13.6. The number of rotatable bonds is 7. The van der Waals surface area contributed by atoms with Crippen LogP contribution in [0.2, 0.25) is 0 Å². The Morgan fingerprint density at radius 2 is 2.05 bits per heavy atom. The molecule has 2 aromatic rings. The molecule has 0 saturated carbocycles. The van der Waals surface area contributed by atoms with E-state index in [0.717, 1.165) is 24.0 Å². The highest BCUT2D eigenvalue weighted by Gasteiger charge is 2.11. The standard InChI is InChI=1S/C16H19BrN2O2/c1-18(11-13-6-3-2-4-7-13)8-5-9-19-12-14(17)10-15(19)16(20)21/h2-4,6-7,10,12H,5,8-9,11H2,1H3,(H,20,21). The van der Waals surface area contributed by atoms with Crippen molar-refractivity contribution in [2.45, 2.75) is 19.5 Å². The van der Waals surface area contributed by atoms with Gasteiger partial charge in [-0.1, -0.05) is 30.3 Å². The van der Waals surface area contributed by atoms with Crippen LogP contribution in [0.3, 0.4) is 0 Å². The lowest BCUT2D eigenvalue weighted by atomic mass is 10.2. The lowest BCUT2D eigenvalue weighted by Crippen LogP contribution is -2.20. The second kappa shape index (κ2) is 7.43. The minimum atomic E-state index is -0.890. The molecule has 0 saturated heterocycles. The molecule has 2 rings (SSSR count). The summed E-state index contributed by atoms with van der Waals surface area (Å²) >= 11 is 3.32. The van der Waals surface area contributed by atoms with E-state index in [4.69, 9.17) is 5.11 Å². The molecule has 5 heteroatoms. The number of hydrogen-bond donors (Lipinski definition) is 1. The molecular weight excluding hydrogens is 332 g/mol. The number of aromatic nitrogens is 1. The van der Waals surface area contributed by atoms with Gasteiger partial charge in [-0.05, 0) is 47.6 Å². The molecule has 0 aliphatic carbocycles. The van der Waals surface area contributed by atoms with Gasteiger partial charge in [-0.25, -0.2) is 4.79 Å².